The van der Waals surface area contributed by atoms with Crippen LogP contribution in [0.1, 0.15) is 26.3 Å². The predicted octanol–water partition coefficient (Wildman–Crippen LogP) is 7.67. The van der Waals surface area contributed by atoms with Gasteiger partial charge in [0.25, 0.3) is 11.8 Å². The summed E-state index contributed by atoms with van der Waals surface area (Å²) >= 11 is 0. The summed E-state index contributed by atoms with van der Waals surface area (Å²) < 4.78 is 1.80. The van der Waals surface area contributed by atoms with Crippen molar-refractivity contribution in [1.29, 1.82) is 5.26 Å². The van der Waals surface area contributed by atoms with Crippen molar-refractivity contribution in [2.24, 2.45) is 0 Å². The van der Waals surface area contributed by atoms with Gasteiger partial charge in [0.2, 0.25) is 5.69 Å². The Morgan fingerprint density at radius 3 is 2.08 bits per heavy atom. The number of rotatable bonds is 3. The predicted molar refractivity (Wildman–Crippen MR) is 155 cm³/mol. The fraction of sp³-hybridized carbons (Fsp3) is 0. The van der Waals surface area contributed by atoms with E-state index in [9.17, 15) is 14.9 Å². The minimum Gasteiger partial charge on any atom is -0.317 e. The number of nitrogens with zero attached hydrogens (tertiary/aromatic N) is 4. The molecule has 1 aromatic heterocycles. The molecule has 0 unspecified atom stereocenters. The van der Waals surface area contributed by atoms with Gasteiger partial charge in [0.05, 0.1) is 45.7 Å². The zero-order valence-electron chi connectivity index (χ0n) is 21.0. The van der Waals surface area contributed by atoms with Crippen molar-refractivity contribution in [1.82, 2.24) is 4.57 Å². The van der Waals surface area contributed by atoms with Crippen molar-refractivity contribution in [3.05, 3.63) is 137 Å². The van der Waals surface area contributed by atoms with Crippen molar-refractivity contribution in [3.8, 4) is 22.9 Å². The molecule has 7 rings (SSSR count). The van der Waals surface area contributed by atoms with Crippen molar-refractivity contribution in [3.63, 3.8) is 0 Å². The largest absolute Gasteiger partial charge is 0.317 e. The highest BCUT2D eigenvalue weighted by atomic mass is 16.2. The third kappa shape index (κ3) is 3.14. The van der Waals surface area contributed by atoms with Gasteiger partial charge in [-0.1, -0.05) is 84.9 Å². The summed E-state index contributed by atoms with van der Waals surface area (Å²) in [7, 11) is 0. The van der Waals surface area contributed by atoms with Crippen molar-refractivity contribution in [2.45, 2.75) is 0 Å². The number of carbonyl (C=O) groups is 2. The molecule has 186 valence electrons. The van der Waals surface area contributed by atoms with Crippen molar-refractivity contribution in [2.75, 3.05) is 4.90 Å². The van der Waals surface area contributed by atoms with E-state index in [1.54, 1.807) is 47.0 Å². The molecule has 0 bridgehead atoms. The van der Waals surface area contributed by atoms with E-state index in [0.717, 1.165) is 21.9 Å². The molecule has 1 aliphatic rings. The molecule has 6 aromatic rings. The smallest absolute Gasteiger partial charge is 0.268 e. The second-order valence-corrected chi connectivity index (χ2v) is 9.46. The van der Waals surface area contributed by atoms with E-state index < -0.39 is 11.8 Å². The van der Waals surface area contributed by atoms with Gasteiger partial charge in [-0.3, -0.25) is 9.59 Å². The third-order valence-corrected chi connectivity index (χ3v) is 7.39. The summed E-state index contributed by atoms with van der Waals surface area (Å²) in [4.78, 5) is 33.1. The Kier molecular flexibility index (Phi) is 5.10. The Morgan fingerprint density at radius 2 is 1.30 bits per heavy atom. The standard InChI is InChI=1S/C34H18N4O2/c1-36-27-17-8-15-25-24-14-7-12-22(20-35)31(24)37(32(25)27)29-19-9-16-26-30(29)34(40)38(33(26)39)28-18-6-5-13-23(28)21-10-3-2-4-11-21/h2-19H. The lowest BCUT2D eigenvalue weighted by molar-refractivity contribution is 0.0926. The summed E-state index contributed by atoms with van der Waals surface area (Å²) in [5.41, 5.74) is 5.08. The molecule has 0 fully saturated rings. The number of benzene rings is 5. The summed E-state index contributed by atoms with van der Waals surface area (Å²) in [6.45, 7) is 7.85. The van der Waals surface area contributed by atoms with E-state index in [4.69, 9.17) is 6.57 Å². The topological polar surface area (TPSA) is 70.5 Å². The van der Waals surface area contributed by atoms with E-state index in [1.165, 1.54) is 4.90 Å². The second-order valence-electron chi connectivity index (χ2n) is 9.46. The highest BCUT2D eigenvalue weighted by molar-refractivity contribution is 6.36. The number of anilines is 1. The molecule has 1 aliphatic heterocycles. The van der Waals surface area contributed by atoms with Crippen LogP contribution in [0.3, 0.4) is 0 Å². The zero-order chi connectivity index (χ0) is 27.4. The van der Waals surface area contributed by atoms with Gasteiger partial charge in [-0.15, -0.1) is 0 Å². The van der Waals surface area contributed by atoms with Crippen LogP contribution >= 0.6 is 0 Å². The van der Waals surface area contributed by atoms with Crippen molar-refractivity contribution >= 4 is 45.0 Å². The molecule has 5 aromatic carbocycles. The van der Waals surface area contributed by atoms with Gasteiger partial charge in [-0.25, -0.2) is 9.74 Å². The van der Waals surface area contributed by atoms with Crippen LogP contribution in [0.25, 0.3) is 43.5 Å². The van der Waals surface area contributed by atoms with E-state index >= 15 is 0 Å². The van der Waals surface area contributed by atoms with Gasteiger partial charge in [-0.05, 0) is 35.2 Å². The molecule has 40 heavy (non-hydrogen) atoms. The average molecular weight is 515 g/mol. The third-order valence-electron chi connectivity index (χ3n) is 7.39. The van der Waals surface area contributed by atoms with Crippen LogP contribution < -0.4 is 4.90 Å². The zero-order valence-corrected chi connectivity index (χ0v) is 21.0. The van der Waals surface area contributed by atoms with Gasteiger partial charge in [0.1, 0.15) is 6.07 Å². The normalized spacial score (nSPS) is 12.5. The lowest BCUT2D eigenvalue weighted by atomic mass is 10.0. The number of fused-ring (bicyclic) bond motifs is 4. The number of carbonyl (C=O) groups excluding carboxylic acids is 2. The summed E-state index contributed by atoms with van der Waals surface area (Å²) in [6.07, 6.45) is 0. The molecule has 2 heterocycles. The van der Waals surface area contributed by atoms with Crippen LogP contribution in [0.2, 0.25) is 0 Å². The molecule has 6 nitrogen and oxygen atoms in total. The Hall–Kier alpha value is -5.98. The first kappa shape index (κ1) is 23.2. The fourth-order valence-electron chi connectivity index (χ4n) is 5.72. The Morgan fingerprint density at radius 1 is 0.650 bits per heavy atom. The number of hydrogen-bond donors (Lipinski definition) is 0. The lowest BCUT2D eigenvalue weighted by Crippen LogP contribution is -2.30. The molecule has 6 heteroatoms. The molecular formula is C34H18N4O2. The molecule has 0 N–H and O–H groups in total. The number of hydrogen-bond acceptors (Lipinski definition) is 3. The molecule has 0 saturated heterocycles. The Labute approximate surface area is 229 Å². The van der Waals surface area contributed by atoms with Crippen LogP contribution in [0.5, 0.6) is 0 Å². The van der Waals surface area contributed by atoms with E-state index in [-0.39, 0.29) is 11.1 Å². The molecule has 2 amide bonds. The van der Waals surface area contributed by atoms with Crippen LogP contribution in [0.15, 0.2) is 109 Å². The molecule has 0 spiro atoms. The number of imide groups is 1. The monoisotopic (exact) mass is 514 g/mol. The lowest BCUT2D eigenvalue weighted by Gasteiger charge is -2.19. The summed E-state index contributed by atoms with van der Waals surface area (Å²) in [5, 5.41) is 11.6. The van der Waals surface area contributed by atoms with Gasteiger partial charge in [0.15, 0.2) is 0 Å². The SMILES string of the molecule is [C-]#[N+]c1cccc2c3cccc(C#N)c3n(-c3cccc4c3C(=O)N(c3ccccc3-c3ccccc3)C4=O)c12. The van der Waals surface area contributed by atoms with Crippen LogP contribution in [-0.4, -0.2) is 16.4 Å². The van der Waals surface area contributed by atoms with Crippen LogP contribution in [0, 0.1) is 17.9 Å². The van der Waals surface area contributed by atoms with E-state index in [0.29, 0.717) is 33.7 Å². The quantitative estimate of drug-likeness (QED) is 0.180. The summed E-state index contributed by atoms with van der Waals surface area (Å²) in [5.74, 6) is -0.874. The molecule has 0 radical (unpaired) electrons. The first-order chi connectivity index (χ1) is 19.6. The molecule has 0 saturated carbocycles. The first-order valence-corrected chi connectivity index (χ1v) is 12.6. The van der Waals surface area contributed by atoms with Gasteiger partial charge >= 0.3 is 0 Å². The average Bonchev–Trinajstić information content (AvgIpc) is 3.49. The van der Waals surface area contributed by atoms with Gasteiger partial charge in [-0.2, -0.15) is 5.26 Å². The van der Waals surface area contributed by atoms with E-state index in [1.807, 2.05) is 66.7 Å². The molecule has 0 atom stereocenters. The van der Waals surface area contributed by atoms with Crippen molar-refractivity contribution < 1.29 is 9.59 Å². The van der Waals surface area contributed by atoms with Crippen LogP contribution in [-0.2, 0) is 0 Å². The number of para-hydroxylation sites is 3. The maximum absolute atomic E-state index is 14.3. The van der Waals surface area contributed by atoms with Crippen LogP contribution in [0.4, 0.5) is 11.4 Å². The molecular weight excluding hydrogens is 496 g/mol. The fourth-order valence-corrected chi connectivity index (χ4v) is 5.72. The minimum atomic E-state index is -0.455. The Balaban J connectivity index is 1.52. The van der Waals surface area contributed by atoms with E-state index in [2.05, 4.69) is 10.9 Å². The first-order valence-electron chi connectivity index (χ1n) is 12.6. The van der Waals surface area contributed by atoms with Gasteiger partial charge in [0, 0.05) is 10.9 Å². The highest BCUT2D eigenvalue weighted by Crippen LogP contribution is 2.42. The maximum Gasteiger partial charge on any atom is 0.268 e. The Bertz CT molecular complexity index is 2060. The number of amides is 2. The number of nitriles is 1. The molecule has 0 aliphatic carbocycles. The number of aromatic nitrogens is 1. The second kappa shape index (κ2) is 8.80. The minimum absolute atomic E-state index is 0.238. The highest BCUT2D eigenvalue weighted by Gasteiger charge is 2.40. The summed E-state index contributed by atoms with van der Waals surface area (Å²) in [6, 6.07) is 35.3. The van der Waals surface area contributed by atoms with Gasteiger partial charge < -0.3 is 4.57 Å². The maximum atomic E-state index is 14.3.